The minimum atomic E-state index is -0.784. The van der Waals surface area contributed by atoms with Crippen molar-refractivity contribution in [3.8, 4) is 0 Å². The molecule has 18 heavy (non-hydrogen) atoms. The summed E-state index contributed by atoms with van der Waals surface area (Å²) in [5.74, 6) is 1.13. The van der Waals surface area contributed by atoms with E-state index in [1.807, 2.05) is 20.8 Å². The maximum absolute atomic E-state index is 11.7. The molecule has 0 radical (unpaired) electrons. The lowest BCUT2D eigenvalue weighted by Gasteiger charge is -2.33. The van der Waals surface area contributed by atoms with Gasteiger partial charge in [0.25, 0.3) is 0 Å². The second-order valence-electron chi connectivity index (χ2n) is 5.65. The van der Waals surface area contributed by atoms with E-state index in [9.17, 15) is 9.90 Å². The summed E-state index contributed by atoms with van der Waals surface area (Å²) in [6.45, 7) is 6.11. The van der Waals surface area contributed by atoms with Crippen LogP contribution in [0.2, 0.25) is 0 Å². The second-order valence-corrected chi connectivity index (χ2v) is 6.68. The molecule has 0 aliphatic heterocycles. The van der Waals surface area contributed by atoms with Crippen LogP contribution in [0.1, 0.15) is 33.6 Å². The van der Waals surface area contributed by atoms with Gasteiger partial charge >= 0.3 is 5.97 Å². The average Bonchev–Trinajstić information content (AvgIpc) is 3.10. The van der Waals surface area contributed by atoms with E-state index in [1.165, 1.54) is 0 Å². The predicted molar refractivity (Wildman–Crippen MR) is 74.9 cm³/mol. The lowest BCUT2D eigenvalue weighted by atomic mass is 9.94. The molecule has 5 heteroatoms. The van der Waals surface area contributed by atoms with Crippen LogP contribution in [0.5, 0.6) is 0 Å². The van der Waals surface area contributed by atoms with Crippen molar-refractivity contribution in [1.82, 2.24) is 5.32 Å². The van der Waals surface area contributed by atoms with E-state index in [1.54, 1.807) is 11.8 Å². The molecule has 3 N–H and O–H groups in total. The Morgan fingerprint density at radius 3 is 2.44 bits per heavy atom. The Balaban J connectivity index is 2.61. The molecule has 0 aromatic heterocycles. The third kappa shape index (κ3) is 4.14. The summed E-state index contributed by atoms with van der Waals surface area (Å²) >= 11 is 1.63. The van der Waals surface area contributed by atoms with Crippen LogP contribution in [0.4, 0.5) is 0 Å². The summed E-state index contributed by atoms with van der Waals surface area (Å²) in [7, 11) is 0. The van der Waals surface area contributed by atoms with Crippen LogP contribution >= 0.6 is 11.8 Å². The van der Waals surface area contributed by atoms with E-state index in [4.69, 9.17) is 5.11 Å². The van der Waals surface area contributed by atoms with Crippen molar-refractivity contribution in [2.75, 3.05) is 18.1 Å². The molecular weight excluding hydrogens is 250 g/mol. The number of rotatable bonds is 9. The van der Waals surface area contributed by atoms with E-state index in [0.717, 1.165) is 18.6 Å². The molecule has 0 aromatic rings. The molecule has 2 atom stereocenters. The quantitative estimate of drug-likeness (QED) is 0.596. The Hall–Kier alpha value is -0.260. The number of hydrogen-bond donors (Lipinski definition) is 3. The zero-order chi connectivity index (χ0) is 13.8. The number of nitrogens with one attached hydrogen (secondary N) is 1. The number of carbonyl (C=O) groups is 1. The normalized spacial score (nSPS) is 20.7. The van der Waals surface area contributed by atoms with Gasteiger partial charge in [0.2, 0.25) is 0 Å². The molecule has 1 aliphatic rings. The van der Waals surface area contributed by atoms with Crippen LogP contribution in [0.15, 0.2) is 0 Å². The maximum Gasteiger partial charge on any atom is 0.325 e. The van der Waals surface area contributed by atoms with Gasteiger partial charge in [-0.1, -0.05) is 6.92 Å². The first-order valence-corrected chi connectivity index (χ1v) is 7.77. The van der Waals surface area contributed by atoms with Crippen molar-refractivity contribution in [3.63, 3.8) is 0 Å². The Morgan fingerprint density at radius 2 is 2.06 bits per heavy atom. The first kappa shape index (κ1) is 15.8. The Labute approximate surface area is 114 Å². The zero-order valence-electron chi connectivity index (χ0n) is 11.5. The van der Waals surface area contributed by atoms with Crippen LogP contribution in [-0.4, -0.2) is 45.9 Å². The number of carboxylic acids is 1. The molecule has 0 spiro atoms. The first-order valence-electron chi connectivity index (χ1n) is 6.62. The molecule has 4 nitrogen and oxygen atoms in total. The van der Waals surface area contributed by atoms with Crippen LogP contribution in [0.3, 0.4) is 0 Å². The largest absolute Gasteiger partial charge is 0.480 e. The fraction of sp³-hybridized carbons (Fsp3) is 0.923. The van der Waals surface area contributed by atoms with Gasteiger partial charge in [0.1, 0.15) is 5.54 Å². The smallest absolute Gasteiger partial charge is 0.325 e. The van der Waals surface area contributed by atoms with Gasteiger partial charge < -0.3 is 10.2 Å². The van der Waals surface area contributed by atoms with Crippen molar-refractivity contribution in [2.24, 2.45) is 11.8 Å². The fourth-order valence-corrected chi connectivity index (χ4v) is 3.53. The zero-order valence-corrected chi connectivity index (χ0v) is 12.3. The van der Waals surface area contributed by atoms with Crippen LogP contribution in [0.25, 0.3) is 0 Å². The lowest BCUT2D eigenvalue weighted by Crippen LogP contribution is -2.58. The summed E-state index contributed by atoms with van der Waals surface area (Å²) in [5.41, 5.74) is -0.784. The molecular formula is C13H25NO3S. The molecule has 1 aliphatic carbocycles. The summed E-state index contributed by atoms with van der Waals surface area (Å²) in [6.07, 6.45) is 2.00. The fourth-order valence-electron chi connectivity index (χ4n) is 2.14. The van der Waals surface area contributed by atoms with E-state index < -0.39 is 11.5 Å². The molecule has 1 saturated carbocycles. The Kier molecular flexibility index (Phi) is 5.95. The van der Waals surface area contributed by atoms with Gasteiger partial charge in [-0.3, -0.25) is 10.1 Å². The van der Waals surface area contributed by atoms with E-state index in [2.05, 4.69) is 5.32 Å². The topological polar surface area (TPSA) is 69.6 Å². The molecule has 0 saturated heterocycles. The summed E-state index contributed by atoms with van der Waals surface area (Å²) in [5, 5.41) is 21.8. The number of aliphatic hydroxyl groups is 1. The highest BCUT2D eigenvalue weighted by Crippen LogP contribution is 2.42. The molecule has 0 heterocycles. The molecule has 0 aromatic carbocycles. The van der Waals surface area contributed by atoms with Gasteiger partial charge in [0.15, 0.2) is 0 Å². The number of carboxylic acid groups (broad SMARTS) is 1. The minimum absolute atomic E-state index is 0.161. The monoisotopic (exact) mass is 275 g/mol. The van der Waals surface area contributed by atoms with Gasteiger partial charge in [-0.15, -0.1) is 0 Å². The van der Waals surface area contributed by atoms with Gasteiger partial charge in [-0.05, 0) is 44.3 Å². The summed E-state index contributed by atoms with van der Waals surface area (Å²) in [4.78, 5) is 11.7. The molecule has 2 unspecified atom stereocenters. The number of aliphatic hydroxyl groups excluding tert-OH is 1. The first-order chi connectivity index (χ1) is 8.42. The SMILES string of the molecule is CC(CO)CSCC(NC(C)C)(C(=O)O)C1CC1. The summed E-state index contributed by atoms with van der Waals surface area (Å²) in [6, 6.07) is 0.164. The molecule has 1 rings (SSSR count). The summed E-state index contributed by atoms with van der Waals surface area (Å²) < 4.78 is 0. The van der Waals surface area contributed by atoms with Crippen LogP contribution in [-0.2, 0) is 4.79 Å². The Morgan fingerprint density at radius 1 is 1.44 bits per heavy atom. The number of thioether (sulfide) groups is 1. The maximum atomic E-state index is 11.7. The lowest BCUT2D eigenvalue weighted by molar-refractivity contribution is -0.145. The highest BCUT2D eigenvalue weighted by molar-refractivity contribution is 7.99. The number of aliphatic carboxylic acids is 1. The van der Waals surface area contributed by atoms with E-state index in [0.29, 0.717) is 5.75 Å². The highest BCUT2D eigenvalue weighted by atomic mass is 32.2. The minimum Gasteiger partial charge on any atom is -0.480 e. The average molecular weight is 275 g/mol. The molecule has 0 amide bonds. The molecule has 0 bridgehead atoms. The van der Waals surface area contributed by atoms with Crippen molar-refractivity contribution in [2.45, 2.75) is 45.2 Å². The van der Waals surface area contributed by atoms with E-state index in [-0.39, 0.29) is 24.5 Å². The highest BCUT2D eigenvalue weighted by Gasteiger charge is 2.51. The second kappa shape index (κ2) is 6.78. The Bertz CT molecular complexity index is 281. The van der Waals surface area contributed by atoms with Gasteiger partial charge in [-0.2, -0.15) is 11.8 Å². The van der Waals surface area contributed by atoms with Crippen molar-refractivity contribution < 1.29 is 15.0 Å². The van der Waals surface area contributed by atoms with Gasteiger partial charge in [0.05, 0.1) is 0 Å². The van der Waals surface area contributed by atoms with Crippen LogP contribution in [0, 0.1) is 11.8 Å². The van der Waals surface area contributed by atoms with Crippen molar-refractivity contribution >= 4 is 17.7 Å². The number of hydrogen-bond acceptors (Lipinski definition) is 4. The predicted octanol–water partition coefficient (Wildman–Crippen LogP) is 1.58. The molecule has 1 fully saturated rings. The third-order valence-electron chi connectivity index (χ3n) is 3.25. The van der Waals surface area contributed by atoms with E-state index >= 15 is 0 Å². The van der Waals surface area contributed by atoms with Crippen LogP contribution < -0.4 is 5.32 Å². The third-order valence-corrected chi connectivity index (χ3v) is 4.71. The van der Waals surface area contributed by atoms with Gasteiger partial charge in [0, 0.05) is 18.4 Å². The van der Waals surface area contributed by atoms with Gasteiger partial charge in [-0.25, -0.2) is 0 Å². The van der Waals surface area contributed by atoms with Crippen molar-refractivity contribution in [1.29, 1.82) is 0 Å². The molecule has 106 valence electrons. The standard InChI is InChI=1S/C13H25NO3S/c1-9(2)14-13(12(16)17,11-4-5-11)8-18-7-10(3)6-15/h9-11,14-15H,4-8H2,1-3H3,(H,16,17). The van der Waals surface area contributed by atoms with Crippen molar-refractivity contribution in [3.05, 3.63) is 0 Å².